The number of hydrogen-bond donors (Lipinski definition) is 1. The third-order valence-electron chi connectivity index (χ3n) is 3.43. The lowest BCUT2D eigenvalue weighted by molar-refractivity contribution is 0.548. The Morgan fingerprint density at radius 1 is 1.05 bits per heavy atom. The molecule has 1 unspecified atom stereocenters. The van der Waals surface area contributed by atoms with Crippen LogP contribution in [0.15, 0.2) is 47.3 Å². The van der Waals surface area contributed by atoms with E-state index in [2.05, 4.69) is 50.4 Å². The predicted molar refractivity (Wildman–Crippen MR) is 83.8 cm³/mol. The lowest BCUT2D eigenvalue weighted by Gasteiger charge is -2.18. The predicted octanol–water partition coefficient (Wildman–Crippen LogP) is 4.57. The number of furan rings is 1. The second kappa shape index (κ2) is 7.30. The molecule has 1 aromatic carbocycles. The van der Waals surface area contributed by atoms with Crippen molar-refractivity contribution in [3.8, 4) is 0 Å². The Balaban J connectivity index is 2.16. The second-order valence-corrected chi connectivity index (χ2v) is 5.78. The zero-order valence-electron chi connectivity index (χ0n) is 12.7. The van der Waals surface area contributed by atoms with Gasteiger partial charge in [0.05, 0.1) is 18.6 Å². The van der Waals surface area contributed by atoms with Crippen molar-refractivity contribution in [2.75, 3.05) is 6.54 Å². The lowest BCUT2D eigenvalue weighted by atomic mass is 9.97. The van der Waals surface area contributed by atoms with E-state index < -0.39 is 0 Å². The fourth-order valence-corrected chi connectivity index (χ4v) is 2.47. The van der Waals surface area contributed by atoms with Crippen LogP contribution in [-0.4, -0.2) is 6.54 Å². The fraction of sp³-hybridized carbons (Fsp3) is 0.444. The maximum absolute atomic E-state index is 5.23. The van der Waals surface area contributed by atoms with E-state index >= 15 is 0 Å². The molecule has 108 valence electrons. The van der Waals surface area contributed by atoms with E-state index in [9.17, 15) is 0 Å². The summed E-state index contributed by atoms with van der Waals surface area (Å²) in [4.78, 5) is 0. The maximum atomic E-state index is 5.23. The van der Waals surface area contributed by atoms with Crippen molar-refractivity contribution >= 4 is 0 Å². The highest BCUT2D eigenvalue weighted by molar-refractivity contribution is 5.32. The Morgan fingerprint density at radius 2 is 1.80 bits per heavy atom. The monoisotopic (exact) mass is 271 g/mol. The van der Waals surface area contributed by atoms with Gasteiger partial charge in [-0.3, -0.25) is 0 Å². The van der Waals surface area contributed by atoms with Crippen LogP contribution in [0.1, 0.15) is 49.9 Å². The summed E-state index contributed by atoms with van der Waals surface area (Å²) in [6, 6.07) is 11.2. The Morgan fingerprint density at radius 3 is 2.35 bits per heavy atom. The van der Waals surface area contributed by atoms with Crippen LogP contribution >= 0.6 is 0 Å². The Hall–Kier alpha value is -1.54. The van der Waals surface area contributed by atoms with Crippen molar-refractivity contribution < 1.29 is 4.42 Å². The van der Waals surface area contributed by atoms with Crippen LogP contribution in [0, 0.1) is 5.92 Å². The second-order valence-electron chi connectivity index (χ2n) is 5.78. The number of nitrogens with one attached hydrogen (secondary N) is 1. The van der Waals surface area contributed by atoms with Crippen LogP contribution in [-0.2, 0) is 6.42 Å². The largest absolute Gasteiger partial charge is 0.472 e. The summed E-state index contributed by atoms with van der Waals surface area (Å²) in [5, 5.41) is 3.59. The Labute approximate surface area is 122 Å². The molecule has 0 radical (unpaired) electrons. The van der Waals surface area contributed by atoms with Crippen molar-refractivity contribution in [3.05, 3.63) is 59.5 Å². The van der Waals surface area contributed by atoms with Crippen LogP contribution in [0.3, 0.4) is 0 Å². The summed E-state index contributed by atoms with van der Waals surface area (Å²) in [5.41, 5.74) is 3.90. The first-order valence-corrected chi connectivity index (χ1v) is 7.55. The summed E-state index contributed by atoms with van der Waals surface area (Å²) in [6.07, 6.45) is 5.83. The van der Waals surface area contributed by atoms with Crippen LogP contribution in [0.5, 0.6) is 0 Å². The molecule has 1 heterocycles. The van der Waals surface area contributed by atoms with E-state index in [0.29, 0.717) is 5.92 Å². The first kappa shape index (κ1) is 14.9. The first-order chi connectivity index (χ1) is 9.70. The Kier molecular flexibility index (Phi) is 5.42. The molecule has 0 saturated heterocycles. The van der Waals surface area contributed by atoms with Crippen LogP contribution in [0.25, 0.3) is 0 Å². The van der Waals surface area contributed by atoms with Crippen LogP contribution in [0.2, 0.25) is 0 Å². The molecule has 1 N–H and O–H groups in total. The number of rotatable bonds is 7. The van der Waals surface area contributed by atoms with Crippen molar-refractivity contribution in [2.45, 2.75) is 39.7 Å². The standard InChI is InChI=1S/C18H25NO/c1-4-10-19-18(17-9-11-20-13-17)16-7-5-15(6-8-16)12-14(2)3/h5-9,11,13-14,18-19H,4,10,12H2,1-3H3. The van der Waals surface area contributed by atoms with E-state index in [0.717, 1.165) is 19.4 Å². The molecule has 2 aromatic rings. The van der Waals surface area contributed by atoms with Crippen LogP contribution in [0.4, 0.5) is 0 Å². The highest BCUT2D eigenvalue weighted by atomic mass is 16.3. The SMILES string of the molecule is CCCNC(c1ccc(CC(C)C)cc1)c1ccoc1. The summed E-state index contributed by atoms with van der Waals surface area (Å²) in [6.45, 7) is 7.70. The molecular formula is C18H25NO. The molecule has 0 aliphatic rings. The average Bonchev–Trinajstić information content (AvgIpc) is 2.94. The smallest absolute Gasteiger partial charge is 0.0953 e. The van der Waals surface area contributed by atoms with Gasteiger partial charge in [0.15, 0.2) is 0 Å². The van der Waals surface area contributed by atoms with Gasteiger partial charge in [0.25, 0.3) is 0 Å². The molecule has 0 amide bonds. The molecule has 20 heavy (non-hydrogen) atoms. The Bertz CT molecular complexity index is 485. The molecule has 2 nitrogen and oxygen atoms in total. The van der Waals surface area contributed by atoms with Gasteiger partial charge < -0.3 is 9.73 Å². The molecule has 1 atom stereocenters. The minimum atomic E-state index is 0.224. The van der Waals surface area contributed by atoms with Gasteiger partial charge >= 0.3 is 0 Å². The third kappa shape index (κ3) is 3.97. The van der Waals surface area contributed by atoms with Gasteiger partial charge in [0, 0.05) is 5.56 Å². The van der Waals surface area contributed by atoms with Crippen LogP contribution < -0.4 is 5.32 Å². The molecule has 0 spiro atoms. The summed E-state index contributed by atoms with van der Waals surface area (Å²) in [7, 11) is 0. The molecule has 0 fully saturated rings. The molecule has 0 saturated carbocycles. The van der Waals surface area contributed by atoms with Gasteiger partial charge in [-0.15, -0.1) is 0 Å². The zero-order chi connectivity index (χ0) is 14.4. The normalized spacial score (nSPS) is 12.8. The van der Waals surface area contributed by atoms with E-state index in [1.54, 1.807) is 6.26 Å². The van der Waals surface area contributed by atoms with Crippen molar-refractivity contribution in [2.24, 2.45) is 5.92 Å². The van der Waals surface area contributed by atoms with E-state index in [-0.39, 0.29) is 6.04 Å². The van der Waals surface area contributed by atoms with Crippen molar-refractivity contribution in [3.63, 3.8) is 0 Å². The zero-order valence-corrected chi connectivity index (χ0v) is 12.7. The number of benzene rings is 1. The molecular weight excluding hydrogens is 246 g/mol. The lowest BCUT2D eigenvalue weighted by Crippen LogP contribution is -2.22. The quantitative estimate of drug-likeness (QED) is 0.798. The number of hydrogen-bond acceptors (Lipinski definition) is 2. The topological polar surface area (TPSA) is 25.2 Å². The maximum Gasteiger partial charge on any atom is 0.0953 e. The van der Waals surface area contributed by atoms with E-state index in [1.807, 2.05) is 12.3 Å². The average molecular weight is 271 g/mol. The molecule has 0 aliphatic heterocycles. The third-order valence-corrected chi connectivity index (χ3v) is 3.43. The van der Waals surface area contributed by atoms with Gasteiger partial charge in [-0.1, -0.05) is 45.0 Å². The fourth-order valence-electron chi connectivity index (χ4n) is 2.47. The minimum Gasteiger partial charge on any atom is -0.472 e. The van der Waals surface area contributed by atoms with Gasteiger partial charge in [-0.05, 0) is 42.5 Å². The van der Waals surface area contributed by atoms with Crippen molar-refractivity contribution in [1.29, 1.82) is 0 Å². The highest BCUT2D eigenvalue weighted by Crippen LogP contribution is 2.23. The summed E-state index contributed by atoms with van der Waals surface area (Å²) < 4.78 is 5.23. The van der Waals surface area contributed by atoms with Gasteiger partial charge in [-0.25, -0.2) is 0 Å². The molecule has 0 aliphatic carbocycles. The first-order valence-electron chi connectivity index (χ1n) is 7.55. The van der Waals surface area contributed by atoms with Gasteiger partial charge in [0.1, 0.15) is 0 Å². The molecule has 2 rings (SSSR count). The van der Waals surface area contributed by atoms with Gasteiger partial charge in [-0.2, -0.15) is 0 Å². The van der Waals surface area contributed by atoms with Crippen molar-refractivity contribution in [1.82, 2.24) is 5.32 Å². The summed E-state index contributed by atoms with van der Waals surface area (Å²) >= 11 is 0. The molecule has 2 heteroatoms. The highest BCUT2D eigenvalue weighted by Gasteiger charge is 2.14. The molecule has 0 bridgehead atoms. The van der Waals surface area contributed by atoms with E-state index in [1.165, 1.54) is 16.7 Å². The van der Waals surface area contributed by atoms with E-state index in [4.69, 9.17) is 4.42 Å². The summed E-state index contributed by atoms with van der Waals surface area (Å²) in [5.74, 6) is 0.698. The van der Waals surface area contributed by atoms with Gasteiger partial charge in [0.2, 0.25) is 0 Å². The minimum absolute atomic E-state index is 0.224. The molecule has 1 aromatic heterocycles.